The second-order valence-electron chi connectivity index (χ2n) is 4.71. The smallest absolute Gasteiger partial charge is 0.150 e. The van der Waals surface area contributed by atoms with Gasteiger partial charge in [-0.1, -0.05) is 19.1 Å². The van der Waals surface area contributed by atoms with Crippen LogP contribution in [0.3, 0.4) is 0 Å². The van der Waals surface area contributed by atoms with Gasteiger partial charge in [0.05, 0.1) is 23.4 Å². The van der Waals surface area contributed by atoms with Gasteiger partial charge in [0.25, 0.3) is 0 Å². The van der Waals surface area contributed by atoms with E-state index in [1.165, 1.54) is 10.7 Å². The lowest BCUT2D eigenvalue weighted by Gasteiger charge is -2.13. The van der Waals surface area contributed by atoms with Crippen LogP contribution < -0.4 is 5.32 Å². The monoisotopic (exact) mass is 287 g/mol. The summed E-state index contributed by atoms with van der Waals surface area (Å²) in [6.07, 6.45) is 1.57. The lowest BCUT2D eigenvalue weighted by molar-refractivity contribution is 0.555. The molecule has 1 heterocycles. The quantitative estimate of drug-likeness (QED) is 0.917. The van der Waals surface area contributed by atoms with Gasteiger partial charge in [-0.3, -0.25) is 0 Å². The summed E-state index contributed by atoms with van der Waals surface area (Å²) in [5, 5.41) is 20.3. The molecule has 21 heavy (non-hydrogen) atoms. The number of benzene rings is 1. The van der Waals surface area contributed by atoms with E-state index in [2.05, 4.69) is 22.6 Å². The predicted molar refractivity (Wildman–Crippen MR) is 77.5 cm³/mol. The number of halogens is 1. The minimum atomic E-state index is -0.474. The molecule has 1 atom stereocenters. The highest BCUT2D eigenvalue weighted by Crippen LogP contribution is 2.23. The molecule has 0 fully saturated rings. The lowest BCUT2D eigenvalue weighted by Crippen LogP contribution is -2.17. The van der Waals surface area contributed by atoms with Crippen LogP contribution in [-0.4, -0.2) is 22.0 Å². The summed E-state index contributed by atoms with van der Waals surface area (Å²) in [4.78, 5) is 0. The minimum Gasteiger partial charge on any atom is -0.312 e. The summed E-state index contributed by atoms with van der Waals surface area (Å²) in [6.45, 7) is 4.05. The largest absolute Gasteiger partial charge is 0.312 e. The van der Waals surface area contributed by atoms with E-state index >= 15 is 0 Å². The first-order valence-corrected chi connectivity index (χ1v) is 6.97. The zero-order chi connectivity index (χ0) is 15.4. The first kappa shape index (κ1) is 15.1. The molecule has 0 aliphatic carbocycles. The van der Waals surface area contributed by atoms with Crippen molar-refractivity contribution in [3.05, 3.63) is 41.0 Å². The van der Waals surface area contributed by atoms with Gasteiger partial charge in [-0.15, -0.1) is 5.10 Å². The number of nitriles is 1. The molecule has 0 saturated carbocycles. The van der Waals surface area contributed by atoms with Gasteiger partial charge >= 0.3 is 0 Å². The summed E-state index contributed by atoms with van der Waals surface area (Å²) in [6, 6.07) is 6.37. The highest BCUT2D eigenvalue weighted by Gasteiger charge is 2.20. The Kier molecular flexibility index (Phi) is 4.66. The van der Waals surface area contributed by atoms with E-state index < -0.39 is 5.82 Å². The zero-order valence-electron chi connectivity index (χ0n) is 12.4. The van der Waals surface area contributed by atoms with Gasteiger partial charge in [-0.05, 0) is 38.1 Å². The van der Waals surface area contributed by atoms with Crippen LogP contribution in [0, 0.1) is 17.1 Å². The first-order valence-electron chi connectivity index (χ1n) is 6.97. The van der Waals surface area contributed by atoms with Crippen molar-refractivity contribution >= 4 is 0 Å². The average Bonchev–Trinajstić information content (AvgIpc) is 2.92. The number of hydrogen-bond donors (Lipinski definition) is 1. The second kappa shape index (κ2) is 6.46. The minimum absolute atomic E-state index is 0.0927. The summed E-state index contributed by atoms with van der Waals surface area (Å²) < 4.78 is 15.7. The van der Waals surface area contributed by atoms with Crippen LogP contribution in [0.15, 0.2) is 18.2 Å². The van der Waals surface area contributed by atoms with Gasteiger partial charge in [0, 0.05) is 0 Å². The number of nitrogens with one attached hydrogen (secondary N) is 1. The van der Waals surface area contributed by atoms with Gasteiger partial charge in [0.2, 0.25) is 0 Å². The summed E-state index contributed by atoms with van der Waals surface area (Å²) >= 11 is 0. The van der Waals surface area contributed by atoms with Crippen molar-refractivity contribution in [3.63, 3.8) is 0 Å². The summed E-state index contributed by atoms with van der Waals surface area (Å²) in [7, 11) is 1.87. The Morgan fingerprint density at radius 1 is 1.43 bits per heavy atom. The van der Waals surface area contributed by atoms with Crippen molar-refractivity contribution in [2.75, 3.05) is 7.05 Å². The molecule has 0 aliphatic heterocycles. The SMILES string of the molecule is CCc1c(C(CC)NC)nnn1-c1ccc(C#N)cc1F. The fourth-order valence-corrected chi connectivity index (χ4v) is 2.39. The zero-order valence-corrected chi connectivity index (χ0v) is 12.4. The van der Waals surface area contributed by atoms with Crippen molar-refractivity contribution in [1.82, 2.24) is 20.3 Å². The lowest BCUT2D eigenvalue weighted by atomic mass is 10.1. The molecular weight excluding hydrogens is 269 g/mol. The number of nitrogens with zero attached hydrogens (tertiary/aromatic N) is 4. The van der Waals surface area contributed by atoms with Gasteiger partial charge in [0.15, 0.2) is 0 Å². The van der Waals surface area contributed by atoms with Crippen LogP contribution in [0.5, 0.6) is 0 Å². The van der Waals surface area contributed by atoms with Crippen molar-refractivity contribution in [1.29, 1.82) is 5.26 Å². The molecule has 1 aromatic heterocycles. The van der Waals surface area contributed by atoms with Gasteiger partial charge < -0.3 is 5.32 Å². The van der Waals surface area contributed by atoms with Gasteiger partial charge in [0.1, 0.15) is 17.2 Å². The fourth-order valence-electron chi connectivity index (χ4n) is 2.39. The highest BCUT2D eigenvalue weighted by molar-refractivity contribution is 5.41. The normalized spacial score (nSPS) is 12.1. The molecular formula is C15H18FN5. The maximum absolute atomic E-state index is 14.2. The predicted octanol–water partition coefficient (Wildman–Crippen LogP) is 2.51. The highest BCUT2D eigenvalue weighted by atomic mass is 19.1. The molecule has 2 aromatic rings. The molecule has 1 unspecified atom stereocenters. The molecule has 5 nitrogen and oxygen atoms in total. The van der Waals surface area contributed by atoms with Crippen LogP contribution in [0.25, 0.3) is 5.69 Å². The van der Waals surface area contributed by atoms with Crippen molar-refractivity contribution in [2.45, 2.75) is 32.7 Å². The topological polar surface area (TPSA) is 66.5 Å². The van der Waals surface area contributed by atoms with Crippen LogP contribution in [0.2, 0.25) is 0 Å². The molecule has 0 radical (unpaired) electrons. The first-order chi connectivity index (χ1) is 10.2. The molecule has 110 valence electrons. The summed E-state index contributed by atoms with van der Waals surface area (Å²) in [5.74, 6) is -0.474. The van der Waals surface area contributed by atoms with E-state index in [1.807, 2.05) is 20.0 Å². The van der Waals surface area contributed by atoms with Crippen molar-refractivity contribution < 1.29 is 4.39 Å². The third kappa shape index (κ3) is 2.78. The Hall–Kier alpha value is -2.26. The van der Waals surface area contributed by atoms with E-state index in [4.69, 9.17) is 5.26 Å². The van der Waals surface area contributed by atoms with Crippen LogP contribution in [0.4, 0.5) is 4.39 Å². The van der Waals surface area contributed by atoms with E-state index in [0.29, 0.717) is 12.1 Å². The molecule has 1 N–H and O–H groups in total. The number of aromatic nitrogens is 3. The van der Waals surface area contributed by atoms with Crippen molar-refractivity contribution in [3.8, 4) is 11.8 Å². The van der Waals surface area contributed by atoms with Crippen LogP contribution in [0.1, 0.15) is 43.3 Å². The Morgan fingerprint density at radius 3 is 2.71 bits per heavy atom. The standard InChI is InChI=1S/C15H18FN5/c1-4-12(18-3)15-13(5-2)21(20-19-15)14-7-6-10(9-17)8-11(14)16/h6-8,12,18H,4-5H2,1-3H3. The summed E-state index contributed by atoms with van der Waals surface area (Å²) in [5.41, 5.74) is 2.32. The maximum atomic E-state index is 14.2. The molecule has 0 spiro atoms. The Labute approximate surface area is 123 Å². The number of hydrogen-bond acceptors (Lipinski definition) is 4. The number of rotatable bonds is 5. The molecule has 0 amide bonds. The third-order valence-corrected chi connectivity index (χ3v) is 3.52. The fraction of sp³-hybridized carbons (Fsp3) is 0.400. The second-order valence-corrected chi connectivity index (χ2v) is 4.71. The van der Waals surface area contributed by atoms with Gasteiger partial charge in [-0.2, -0.15) is 5.26 Å². The molecule has 2 rings (SSSR count). The van der Waals surface area contributed by atoms with E-state index in [-0.39, 0.29) is 11.6 Å². The molecule has 0 saturated heterocycles. The van der Waals surface area contributed by atoms with Crippen molar-refractivity contribution in [2.24, 2.45) is 0 Å². The molecule has 0 bridgehead atoms. The van der Waals surface area contributed by atoms with Crippen LogP contribution in [-0.2, 0) is 6.42 Å². The third-order valence-electron chi connectivity index (χ3n) is 3.52. The van der Waals surface area contributed by atoms with E-state index in [0.717, 1.165) is 17.8 Å². The molecule has 6 heteroatoms. The Bertz CT molecular complexity index is 667. The van der Waals surface area contributed by atoms with E-state index in [1.54, 1.807) is 12.1 Å². The van der Waals surface area contributed by atoms with E-state index in [9.17, 15) is 4.39 Å². The van der Waals surface area contributed by atoms with Gasteiger partial charge in [-0.25, -0.2) is 9.07 Å². The Morgan fingerprint density at radius 2 is 2.19 bits per heavy atom. The van der Waals surface area contributed by atoms with Crippen LogP contribution >= 0.6 is 0 Å². The Balaban J connectivity index is 2.53. The maximum Gasteiger partial charge on any atom is 0.150 e. The average molecular weight is 287 g/mol. The molecule has 1 aromatic carbocycles. The molecule has 0 aliphatic rings.